The average molecular weight is 397 g/mol. The Balaban J connectivity index is 1.61. The molecule has 5 rings (SSSR count). The fourth-order valence-corrected chi connectivity index (χ4v) is 5.71. The zero-order chi connectivity index (χ0) is 20.0. The lowest BCUT2D eigenvalue weighted by molar-refractivity contribution is -0.153. The van der Waals surface area contributed by atoms with E-state index >= 15 is 0 Å². The van der Waals surface area contributed by atoms with Crippen molar-refractivity contribution in [2.75, 3.05) is 0 Å². The first kappa shape index (κ1) is 18.0. The van der Waals surface area contributed by atoms with Gasteiger partial charge in [0.25, 0.3) is 0 Å². The summed E-state index contributed by atoms with van der Waals surface area (Å²) in [5.41, 5.74) is 0.755. The van der Waals surface area contributed by atoms with Crippen molar-refractivity contribution in [3.63, 3.8) is 0 Å². The van der Waals surface area contributed by atoms with Crippen LogP contribution in [0.25, 0.3) is 10.1 Å². The first-order valence-corrected chi connectivity index (χ1v) is 10.6. The Morgan fingerprint density at radius 1 is 0.793 bits per heavy atom. The third-order valence-corrected chi connectivity index (χ3v) is 7.34. The summed E-state index contributed by atoms with van der Waals surface area (Å²) in [5, 5.41) is 1.15. The molecule has 2 nitrogen and oxygen atoms in total. The molecule has 1 aliphatic carbocycles. The Kier molecular flexibility index (Phi) is 4.21. The zero-order valence-corrected chi connectivity index (χ0v) is 16.9. The van der Waals surface area contributed by atoms with Crippen LogP contribution in [0.5, 0.6) is 0 Å². The molecule has 1 unspecified atom stereocenters. The van der Waals surface area contributed by atoms with Crippen molar-refractivity contribution in [2.24, 2.45) is 5.92 Å². The number of benzene rings is 3. The predicted molar refractivity (Wildman–Crippen MR) is 117 cm³/mol. The smallest absolute Gasteiger partial charge is 0.162 e. The number of Topliss-reactive ketones (excluding diaryl/α,β-unsaturated/α-hetero) is 2. The van der Waals surface area contributed by atoms with Gasteiger partial charge in [-0.25, -0.2) is 0 Å². The molecule has 0 amide bonds. The summed E-state index contributed by atoms with van der Waals surface area (Å²) in [6.07, 6.45) is 0. The van der Waals surface area contributed by atoms with Crippen molar-refractivity contribution in [2.45, 2.75) is 18.3 Å². The highest BCUT2D eigenvalue weighted by molar-refractivity contribution is 7.19. The van der Waals surface area contributed by atoms with Gasteiger partial charge in [-0.05, 0) is 35.6 Å². The Bertz CT molecular complexity index is 1160. The second-order valence-electron chi connectivity index (χ2n) is 7.77. The van der Waals surface area contributed by atoms with Gasteiger partial charge in [0.1, 0.15) is 5.41 Å². The molecule has 1 aromatic heterocycles. The fourth-order valence-electron chi connectivity index (χ4n) is 4.48. The van der Waals surface area contributed by atoms with E-state index in [9.17, 15) is 9.59 Å². The molecule has 0 radical (unpaired) electrons. The Morgan fingerprint density at radius 3 is 2.03 bits per heavy atom. The van der Waals surface area contributed by atoms with Crippen LogP contribution in [0.3, 0.4) is 0 Å². The lowest BCUT2D eigenvalue weighted by Gasteiger charge is -2.45. The van der Waals surface area contributed by atoms with Gasteiger partial charge in [-0.2, -0.15) is 0 Å². The van der Waals surface area contributed by atoms with Gasteiger partial charge in [-0.3, -0.25) is 9.59 Å². The number of rotatable bonds is 4. The maximum absolute atomic E-state index is 13.5. The van der Waals surface area contributed by atoms with Crippen LogP contribution >= 0.6 is 11.3 Å². The maximum Gasteiger partial charge on any atom is 0.162 e. The van der Waals surface area contributed by atoms with Gasteiger partial charge in [0.15, 0.2) is 11.6 Å². The van der Waals surface area contributed by atoms with Crippen molar-refractivity contribution >= 4 is 33.0 Å². The number of carbonyl (C=O) groups excluding carboxylic acids is 2. The largest absolute Gasteiger partial charge is 0.297 e. The van der Waals surface area contributed by atoms with E-state index in [1.165, 1.54) is 4.70 Å². The van der Waals surface area contributed by atoms with Gasteiger partial charge < -0.3 is 0 Å². The number of carbonyl (C=O) groups is 2. The fraction of sp³-hybridized carbons (Fsp3) is 0.154. The molecule has 3 aromatic carbocycles. The molecule has 142 valence electrons. The SMILES string of the molecule is CC1(c2ccccc2)C(=O)C(C(c2ccccc2)c2cc3ccccc3s2)C1=O. The molecule has 1 fully saturated rings. The Hall–Kier alpha value is -3.04. The third kappa shape index (κ3) is 2.69. The van der Waals surface area contributed by atoms with Crippen LogP contribution in [0.2, 0.25) is 0 Å². The van der Waals surface area contributed by atoms with Gasteiger partial charge in [0.05, 0.1) is 5.92 Å². The average Bonchev–Trinajstić information content (AvgIpc) is 3.21. The van der Waals surface area contributed by atoms with E-state index in [-0.39, 0.29) is 17.5 Å². The van der Waals surface area contributed by atoms with Gasteiger partial charge >= 0.3 is 0 Å². The molecule has 0 spiro atoms. The lowest BCUT2D eigenvalue weighted by Crippen LogP contribution is -2.62. The summed E-state index contributed by atoms with van der Waals surface area (Å²) < 4.78 is 1.17. The van der Waals surface area contributed by atoms with Crippen molar-refractivity contribution in [3.05, 3.63) is 107 Å². The van der Waals surface area contributed by atoms with E-state index in [4.69, 9.17) is 0 Å². The molecule has 29 heavy (non-hydrogen) atoms. The van der Waals surface area contributed by atoms with Crippen LogP contribution in [-0.2, 0) is 15.0 Å². The van der Waals surface area contributed by atoms with E-state index in [0.717, 1.165) is 21.4 Å². The van der Waals surface area contributed by atoms with E-state index < -0.39 is 11.3 Å². The summed E-state index contributed by atoms with van der Waals surface area (Å²) in [4.78, 5) is 28.0. The third-order valence-electron chi connectivity index (χ3n) is 6.14. The molecule has 0 bridgehead atoms. The number of hydrogen-bond donors (Lipinski definition) is 0. The van der Waals surface area contributed by atoms with Crippen LogP contribution in [0.15, 0.2) is 91.0 Å². The monoisotopic (exact) mass is 396 g/mol. The summed E-state index contributed by atoms with van der Waals surface area (Å²) >= 11 is 1.67. The Morgan fingerprint density at radius 2 is 1.38 bits per heavy atom. The highest BCUT2D eigenvalue weighted by Crippen LogP contribution is 2.50. The first-order chi connectivity index (χ1) is 14.1. The van der Waals surface area contributed by atoms with E-state index in [1.807, 2.05) is 72.8 Å². The molecule has 4 aromatic rings. The summed E-state index contributed by atoms with van der Waals surface area (Å²) in [5.74, 6) is -0.860. The molecular formula is C26H20O2S. The zero-order valence-electron chi connectivity index (χ0n) is 16.0. The molecule has 3 heteroatoms. The summed E-state index contributed by atoms with van der Waals surface area (Å²) in [6, 6.07) is 29.7. The summed E-state index contributed by atoms with van der Waals surface area (Å²) in [7, 11) is 0. The predicted octanol–water partition coefficient (Wildman–Crippen LogP) is 5.76. The molecule has 0 saturated heterocycles. The molecule has 1 atom stereocenters. The van der Waals surface area contributed by atoms with Crippen molar-refractivity contribution in [3.8, 4) is 0 Å². The maximum atomic E-state index is 13.5. The van der Waals surface area contributed by atoms with Gasteiger partial charge in [0.2, 0.25) is 0 Å². The second kappa shape index (κ2) is 6.78. The van der Waals surface area contributed by atoms with Crippen LogP contribution < -0.4 is 0 Å². The van der Waals surface area contributed by atoms with Crippen molar-refractivity contribution < 1.29 is 9.59 Å². The Labute approximate surface area is 173 Å². The normalized spacial score (nSPS) is 22.4. The van der Waals surface area contributed by atoms with Crippen molar-refractivity contribution in [1.82, 2.24) is 0 Å². The molecule has 1 saturated carbocycles. The topological polar surface area (TPSA) is 34.1 Å². The number of hydrogen-bond acceptors (Lipinski definition) is 3. The molecule has 0 aliphatic heterocycles. The highest BCUT2D eigenvalue weighted by atomic mass is 32.1. The first-order valence-electron chi connectivity index (χ1n) is 9.78. The minimum Gasteiger partial charge on any atom is -0.297 e. The van der Waals surface area contributed by atoms with Crippen molar-refractivity contribution in [1.29, 1.82) is 0 Å². The highest BCUT2D eigenvalue weighted by Gasteiger charge is 2.62. The van der Waals surface area contributed by atoms with E-state index in [0.29, 0.717) is 0 Å². The van der Waals surface area contributed by atoms with E-state index in [2.05, 4.69) is 18.2 Å². The minimum atomic E-state index is -1.05. The molecular weight excluding hydrogens is 376 g/mol. The van der Waals surface area contributed by atoms with Gasteiger partial charge in [0, 0.05) is 15.5 Å². The van der Waals surface area contributed by atoms with Gasteiger partial charge in [-0.15, -0.1) is 11.3 Å². The number of fused-ring (bicyclic) bond motifs is 1. The van der Waals surface area contributed by atoms with Gasteiger partial charge in [-0.1, -0.05) is 78.9 Å². The minimum absolute atomic E-state index is 0.0139. The second-order valence-corrected chi connectivity index (χ2v) is 8.89. The molecule has 1 aliphatic rings. The van der Waals surface area contributed by atoms with Crippen LogP contribution in [0.4, 0.5) is 0 Å². The van der Waals surface area contributed by atoms with E-state index in [1.54, 1.807) is 18.3 Å². The van der Waals surface area contributed by atoms with Crippen LogP contribution in [-0.4, -0.2) is 11.6 Å². The molecule has 1 heterocycles. The summed E-state index contributed by atoms with van der Waals surface area (Å²) in [6.45, 7) is 1.77. The molecule has 0 N–H and O–H groups in total. The van der Waals surface area contributed by atoms with Crippen LogP contribution in [0.1, 0.15) is 28.8 Å². The number of ketones is 2. The lowest BCUT2D eigenvalue weighted by atomic mass is 9.53. The van der Waals surface area contributed by atoms with Crippen LogP contribution in [0, 0.1) is 5.92 Å². The standard InChI is InChI=1S/C26H20O2S/c1-26(19-13-6-3-7-14-19)24(27)23(25(26)28)22(17-10-4-2-5-11-17)21-16-18-12-8-9-15-20(18)29-21/h2-16,22-23H,1H3. The number of thiophene rings is 1. The quantitative estimate of drug-likeness (QED) is 0.411.